The molecule has 0 aliphatic rings. The van der Waals surface area contributed by atoms with Crippen LogP contribution in [0.3, 0.4) is 0 Å². The second-order valence-corrected chi connectivity index (χ2v) is 4.84. The monoisotopic (exact) mass is 215 g/mol. The van der Waals surface area contributed by atoms with Gasteiger partial charge in [-0.15, -0.1) is 0 Å². The van der Waals surface area contributed by atoms with Crippen LogP contribution < -0.4 is 5.32 Å². The van der Waals surface area contributed by atoms with E-state index in [2.05, 4.69) is 24.3 Å². The van der Waals surface area contributed by atoms with Crippen molar-refractivity contribution < 1.29 is 0 Å². The van der Waals surface area contributed by atoms with Crippen molar-refractivity contribution in [2.24, 2.45) is 5.41 Å². The largest absolute Gasteiger partial charge is 0.319 e. The first-order valence-electron chi connectivity index (χ1n) is 4.79. The number of hydrogen-bond donors (Lipinski definition) is 1. The zero-order chi connectivity index (χ0) is 10.8. The molecule has 3 nitrogen and oxygen atoms in total. The normalized spacial score (nSPS) is 12.1. The fraction of sp³-hybridized carbons (Fsp3) is 0.700. The molecule has 0 saturated carbocycles. The standard InChI is InChI=1S/C10H18ClN3/c1-8-9(11)5-13-14(8)7-10(2,3)6-12-4/h5,12H,6-7H2,1-4H3. The van der Waals surface area contributed by atoms with E-state index in [-0.39, 0.29) is 5.41 Å². The number of rotatable bonds is 4. The Morgan fingerprint density at radius 3 is 2.64 bits per heavy atom. The summed E-state index contributed by atoms with van der Waals surface area (Å²) in [7, 11) is 1.96. The Bertz CT molecular complexity index is 304. The highest BCUT2D eigenvalue weighted by Gasteiger charge is 2.19. The van der Waals surface area contributed by atoms with E-state index in [1.807, 2.05) is 18.7 Å². The summed E-state index contributed by atoms with van der Waals surface area (Å²) < 4.78 is 1.96. The Hall–Kier alpha value is -0.540. The highest BCUT2D eigenvalue weighted by Crippen LogP contribution is 2.20. The Morgan fingerprint density at radius 1 is 1.57 bits per heavy atom. The van der Waals surface area contributed by atoms with Gasteiger partial charge in [0.2, 0.25) is 0 Å². The number of hydrogen-bond acceptors (Lipinski definition) is 2. The first kappa shape index (κ1) is 11.5. The maximum absolute atomic E-state index is 5.94. The summed E-state index contributed by atoms with van der Waals surface area (Å²) >= 11 is 5.94. The van der Waals surface area contributed by atoms with Gasteiger partial charge >= 0.3 is 0 Å². The van der Waals surface area contributed by atoms with Gasteiger partial charge in [0.25, 0.3) is 0 Å². The molecule has 0 spiro atoms. The van der Waals surface area contributed by atoms with Crippen molar-refractivity contribution in [1.82, 2.24) is 15.1 Å². The lowest BCUT2D eigenvalue weighted by Gasteiger charge is -2.24. The average molecular weight is 216 g/mol. The van der Waals surface area contributed by atoms with Gasteiger partial charge in [-0.1, -0.05) is 25.4 Å². The predicted octanol–water partition coefficient (Wildman–Crippen LogP) is 2.09. The van der Waals surface area contributed by atoms with Gasteiger partial charge in [0.1, 0.15) is 0 Å². The predicted molar refractivity (Wildman–Crippen MR) is 59.7 cm³/mol. The minimum atomic E-state index is 0.189. The van der Waals surface area contributed by atoms with E-state index in [1.54, 1.807) is 6.20 Å². The lowest BCUT2D eigenvalue weighted by atomic mass is 9.93. The second kappa shape index (κ2) is 4.32. The molecule has 0 aliphatic heterocycles. The van der Waals surface area contributed by atoms with Gasteiger partial charge in [-0.3, -0.25) is 4.68 Å². The van der Waals surface area contributed by atoms with Crippen molar-refractivity contribution in [1.29, 1.82) is 0 Å². The molecule has 0 amide bonds. The molecule has 1 heterocycles. The molecule has 0 aliphatic carbocycles. The molecule has 0 fully saturated rings. The van der Waals surface area contributed by atoms with E-state index in [4.69, 9.17) is 11.6 Å². The van der Waals surface area contributed by atoms with Crippen LogP contribution in [-0.2, 0) is 6.54 Å². The first-order chi connectivity index (χ1) is 6.46. The molecule has 4 heteroatoms. The molecule has 1 aromatic heterocycles. The highest BCUT2D eigenvalue weighted by atomic mass is 35.5. The van der Waals surface area contributed by atoms with Crippen LogP contribution in [0.25, 0.3) is 0 Å². The third-order valence-corrected chi connectivity index (χ3v) is 2.65. The van der Waals surface area contributed by atoms with Crippen molar-refractivity contribution >= 4 is 11.6 Å². The van der Waals surface area contributed by atoms with Gasteiger partial charge in [0.05, 0.1) is 16.9 Å². The fourth-order valence-corrected chi connectivity index (χ4v) is 1.66. The fourth-order valence-electron chi connectivity index (χ4n) is 1.52. The van der Waals surface area contributed by atoms with Gasteiger partial charge in [-0.25, -0.2) is 0 Å². The summed E-state index contributed by atoms with van der Waals surface area (Å²) in [5.41, 5.74) is 1.23. The van der Waals surface area contributed by atoms with Crippen LogP contribution in [0.4, 0.5) is 0 Å². The second-order valence-electron chi connectivity index (χ2n) is 4.43. The van der Waals surface area contributed by atoms with E-state index < -0.39 is 0 Å². The summed E-state index contributed by atoms with van der Waals surface area (Å²) in [4.78, 5) is 0. The zero-order valence-electron chi connectivity index (χ0n) is 9.26. The zero-order valence-corrected chi connectivity index (χ0v) is 10.0. The molecule has 1 aromatic rings. The van der Waals surface area contributed by atoms with Crippen LogP contribution in [-0.4, -0.2) is 23.4 Å². The third-order valence-electron chi connectivity index (χ3n) is 2.28. The van der Waals surface area contributed by atoms with Crippen molar-refractivity contribution in [2.45, 2.75) is 27.3 Å². The number of aromatic nitrogens is 2. The van der Waals surface area contributed by atoms with Crippen LogP contribution in [0, 0.1) is 12.3 Å². The average Bonchev–Trinajstić information content (AvgIpc) is 2.35. The van der Waals surface area contributed by atoms with E-state index in [9.17, 15) is 0 Å². The van der Waals surface area contributed by atoms with Crippen LogP contribution in [0.5, 0.6) is 0 Å². The van der Waals surface area contributed by atoms with Gasteiger partial charge < -0.3 is 5.32 Å². The lowest BCUT2D eigenvalue weighted by molar-refractivity contribution is 0.281. The lowest BCUT2D eigenvalue weighted by Crippen LogP contribution is -2.31. The van der Waals surface area contributed by atoms with Gasteiger partial charge in [0.15, 0.2) is 0 Å². The maximum Gasteiger partial charge on any atom is 0.0814 e. The summed E-state index contributed by atoms with van der Waals surface area (Å²) in [6.45, 7) is 8.25. The number of halogens is 1. The molecule has 14 heavy (non-hydrogen) atoms. The SMILES string of the molecule is CNCC(C)(C)Cn1ncc(Cl)c1C. The van der Waals surface area contributed by atoms with Gasteiger partial charge in [-0.2, -0.15) is 5.10 Å². The molecule has 0 bridgehead atoms. The highest BCUT2D eigenvalue weighted by molar-refractivity contribution is 6.31. The minimum Gasteiger partial charge on any atom is -0.319 e. The molecule has 0 radical (unpaired) electrons. The summed E-state index contributed by atoms with van der Waals surface area (Å²) in [5, 5.41) is 8.16. The van der Waals surface area contributed by atoms with E-state index in [0.29, 0.717) is 0 Å². The summed E-state index contributed by atoms with van der Waals surface area (Å²) in [6.07, 6.45) is 1.70. The first-order valence-corrected chi connectivity index (χ1v) is 5.16. The van der Waals surface area contributed by atoms with Crippen LogP contribution in [0.2, 0.25) is 5.02 Å². The summed E-state index contributed by atoms with van der Waals surface area (Å²) in [5.74, 6) is 0. The van der Waals surface area contributed by atoms with E-state index in [0.717, 1.165) is 23.8 Å². The molecular formula is C10H18ClN3. The number of nitrogens with zero attached hydrogens (tertiary/aromatic N) is 2. The summed E-state index contributed by atoms with van der Waals surface area (Å²) in [6, 6.07) is 0. The van der Waals surface area contributed by atoms with Crippen LogP contribution in [0.1, 0.15) is 19.5 Å². The van der Waals surface area contributed by atoms with E-state index in [1.165, 1.54) is 0 Å². The smallest absolute Gasteiger partial charge is 0.0814 e. The van der Waals surface area contributed by atoms with E-state index >= 15 is 0 Å². The maximum atomic E-state index is 5.94. The third kappa shape index (κ3) is 2.72. The molecule has 80 valence electrons. The topological polar surface area (TPSA) is 29.9 Å². The molecule has 1 rings (SSSR count). The quantitative estimate of drug-likeness (QED) is 0.834. The Morgan fingerprint density at radius 2 is 2.21 bits per heavy atom. The molecule has 0 unspecified atom stereocenters. The Kier molecular flexibility index (Phi) is 3.56. The molecule has 0 aromatic carbocycles. The Labute approximate surface area is 90.4 Å². The van der Waals surface area contributed by atoms with Gasteiger partial charge in [-0.05, 0) is 19.4 Å². The van der Waals surface area contributed by atoms with Gasteiger partial charge in [0, 0.05) is 13.1 Å². The Balaban J connectivity index is 2.73. The van der Waals surface area contributed by atoms with Crippen LogP contribution in [0.15, 0.2) is 6.20 Å². The molecule has 0 saturated heterocycles. The molecule has 0 atom stereocenters. The van der Waals surface area contributed by atoms with Crippen molar-refractivity contribution in [2.75, 3.05) is 13.6 Å². The van der Waals surface area contributed by atoms with Crippen molar-refractivity contribution in [3.63, 3.8) is 0 Å². The van der Waals surface area contributed by atoms with Crippen molar-refractivity contribution in [3.05, 3.63) is 16.9 Å². The van der Waals surface area contributed by atoms with Crippen LogP contribution >= 0.6 is 11.6 Å². The molecular weight excluding hydrogens is 198 g/mol. The van der Waals surface area contributed by atoms with Crippen molar-refractivity contribution in [3.8, 4) is 0 Å². The number of nitrogens with one attached hydrogen (secondary N) is 1. The molecule has 1 N–H and O–H groups in total. The minimum absolute atomic E-state index is 0.189.